The molecule has 7 heteroatoms. The molecule has 2 unspecified atom stereocenters. The Balaban J connectivity index is 1.91. The molecule has 5 nitrogen and oxygen atoms in total. The van der Waals surface area contributed by atoms with E-state index in [2.05, 4.69) is 4.72 Å². The van der Waals surface area contributed by atoms with Crippen LogP contribution in [0.4, 0.5) is 11.4 Å². The van der Waals surface area contributed by atoms with Crippen molar-refractivity contribution in [3.8, 4) is 0 Å². The van der Waals surface area contributed by atoms with Gasteiger partial charge in [0.25, 0.3) is 0 Å². The highest BCUT2D eigenvalue weighted by atomic mass is 32.2. The minimum absolute atomic E-state index is 0.301. The molecule has 150 valence electrons. The molecule has 0 radical (unpaired) electrons. The van der Waals surface area contributed by atoms with E-state index in [9.17, 15) is 8.42 Å². The summed E-state index contributed by atoms with van der Waals surface area (Å²) in [5.74, 6) is 0. The lowest BCUT2D eigenvalue weighted by Crippen LogP contribution is -2.10. The molecule has 0 aromatic heterocycles. The first kappa shape index (κ1) is 21.0. The summed E-state index contributed by atoms with van der Waals surface area (Å²) < 4.78 is 27.7. The summed E-state index contributed by atoms with van der Waals surface area (Å²) in [7, 11) is -2.85. The van der Waals surface area contributed by atoms with Crippen molar-refractivity contribution in [1.29, 1.82) is 5.41 Å². The molecule has 3 rings (SSSR count). The summed E-state index contributed by atoms with van der Waals surface area (Å²) in [5, 5.41) is 8.59. The van der Waals surface area contributed by atoms with Gasteiger partial charge in [0.2, 0.25) is 0 Å². The van der Waals surface area contributed by atoms with Gasteiger partial charge in [-0.1, -0.05) is 24.3 Å². The standard InChI is InChI=1S/C22H23N3O2S2/c1-14-8-9-16(12-15(14)2)22(24)18-13-17(10-11-19(18)23)25-29(27)21-7-5-4-6-20(21)28(3)26/h4-13,24-25H,23H2,1-3H3. The predicted molar refractivity (Wildman–Crippen MR) is 122 cm³/mol. The van der Waals surface area contributed by atoms with Gasteiger partial charge in [-0.2, -0.15) is 0 Å². The summed E-state index contributed by atoms with van der Waals surface area (Å²) in [6.07, 6.45) is 1.56. The summed E-state index contributed by atoms with van der Waals surface area (Å²) in [5.41, 5.74) is 11.0. The highest BCUT2D eigenvalue weighted by molar-refractivity contribution is 7.88. The van der Waals surface area contributed by atoms with Gasteiger partial charge in [-0.25, -0.2) is 4.21 Å². The summed E-state index contributed by atoms with van der Waals surface area (Å²) in [4.78, 5) is 0.993. The Morgan fingerprint density at radius 3 is 2.28 bits per heavy atom. The minimum Gasteiger partial charge on any atom is -0.398 e. The first-order chi connectivity index (χ1) is 13.8. The van der Waals surface area contributed by atoms with Crippen molar-refractivity contribution >= 4 is 38.9 Å². The Bertz CT molecular complexity index is 1140. The number of anilines is 2. The maximum atomic E-state index is 12.8. The Hall–Kier alpha value is -2.77. The zero-order chi connectivity index (χ0) is 21.1. The van der Waals surface area contributed by atoms with Crippen LogP contribution in [0.3, 0.4) is 0 Å². The molecule has 0 aliphatic carbocycles. The van der Waals surface area contributed by atoms with Gasteiger partial charge in [-0.3, -0.25) is 9.62 Å². The molecule has 0 fully saturated rings. The molecular weight excluding hydrogens is 402 g/mol. The van der Waals surface area contributed by atoms with E-state index in [0.717, 1.165) is 16.7 Å². The molecule has 29 heavy (non-hydrogen) atoms. The molecule has 0 saturated heterocycles. The van der Waals surface area contributed by atoms with Crippen LogP contribution < -0.4 is 10.5 Å². The first-order valence-electron chi connectivity index (χ1n) is 8.95. The third-order valence-corrected chi connectivity index (χ3v) is 6.97. The zero-order valence-electron chi connectivity index (χ0n) is 16.5. The summed E-state index contributed by atoms with van der Waals surface area (Å²) in [6, 6.07) is 17.9. The Morgan fingerprint density at radius 2 is 1.62 bits per heavy atom. The number of benzene rings is 3. The van der Waals surface area contributed by atoms with Crippen LogP contribution in [0.5, 0.6) is 0 Å². The maximum absolute atomic E-state index is 12.8. The lowest BCUT2D eigenvalue weighted by atomic mass is 9.97. The van der Waals surface area contributed by atoms with E-state index in [0.29, 0.717) is 32.4 Å². The van der Waals surface area contributed by atoms with Gasteiger partial charge in [-0.05, 0) is 61.4 Å². The number of hydrogen-bond donors (Lipinski definition) is 3. The second-order valence-electron chi connectivity index (χ2n) is 6.75. The summed E-state index contributed by atoms with van der Waals surface area (Å²) >= 11 is 0. The molecule has 3 aromatic rings. The Kier molecular flexibility index (Phi) is 6.30. The molecule has 0 bridgehead atoms. The van der Waals surface area contributed by atoms with Crippen LogP contribution in [0.1, 0.15) is 22.3 Å². The van der Waals surface area contributed by atoms with Gasteiger partial charge in [0.05, 0.1) is 26.3 Å². The van der Waals surface area contributed by atoms with Crippen molar-refractivity contribution in [1.82, 2.24) is 0 Å². The van der Waals surface area contributed by atoms with Crippen molar-refractivity contribution in [2.24, 2.45) is 0 Å². The molecule has 2 atom stereocenters. The van der Waals surface area contributed by atoms with Gasteiger partial charge in [-0.15, -0.1) is 0 Å². The smallest absolute Gasteiger partial charge is 0.151 e. The molecular formula is C22H23N3O2S2. The second kappa shape index (κ2) is 8.71. The average Bonchev–Trinajstić information content (AvgIpc) is 2.70. The van der Waals surface area contributed by atoms with E-state index < -0.39 is 21.8 Å². The highest BCUT2D eigenvalue weighted by Crippen LogP contribution is 2.24. The van der Waals surface area contributed by atoms with E-state index in [1.165, 1.54) is 0 Å². The van der Waals surface area contributed by atoms with Gasteiger partial charge >= 0.3 is 0 Å². The maximum Gasteiger partial charge on any atom is 0.151 e. The van der Waals surface area contributed by atoms with E-state index >= 15 is 0 Å². The lowest BCUT2D eigenvalue weighted by Gasteiger charge is -2.13. The van der Waals surface area contributed by atoms with Gasteiger partial charge in [0, 0.05) is 28.8 Å². The SMILES string of the molecule is Cc1ccc(C(=N)c2cc(NS(=O)c3ccccc3S(C)=O)ccc2N)cc1C. The number of aryl methyl sites for hydroxylation is 2. The van der Waals surface area contributed by atoms with E-state index in [1.54, 1.807) is 48.7 Å². The third kappa shape index (κ3) is 4.63. The van der Waals surface area contributed by atoms with Crippen LogP contribution in [0, 0.1) is 19.3 Å². The van der Waals surface area contributed by atoms with Crippen molar-refractivity contribution in [3.63, 3.8) is 0 Å². The van der Waals surface area contributed by atoms with Crippen molar-refractivity contribution in [2.45, 2.75) is 23.6 Å². The van der Waals surface area contributed by atoms with Crippen molar-refractivity contribution in [3.05, 3.63) is 82.9 Å². The van der Waals surface area contributed by atoms with E-state index in [1.807, 2.05) is 32.0 Å². The Labute approximate surface area is 175 Å². The fourth-order valence-corrected chi connectivity index (χ4v) is 5.00. The third-order valence-electron chi connectivity index (χ3n) is 4.69. The largest absolute Gasteiger partial charge is 0.398 e. The second-order valence-corrected chi connectivity index (χ2v) is 9.28. The van der Waals surface area contributed by atoms with Crippen LogP contribution in [0.2, 0.25) is 0 Å². The van der Waals surface area contributed by atoms with Crippen LogP contribution in [0.25, 0.3) is 0 Å². The van der Waals surface area contributed by atoms with Crippen LogP contribution in [0.15, 0.2) is 70.5 Å². The van der Waals surface area contributed by atoms with E-state index in [4.69, 9.17) is 11.1 Å². The predicted octanol–water partition coefficient (Wildman–Crippen LogP) is 4.17. The number of nitrogens with one attached hydrogen (secondary N) is 2. The number of rotatable bonds is 6. The van der Waals surface area contributed by atoms with Crippen LogP contribution in [-0.2, 0) is 21.8 Å². The van der Waals surface area contributed by atoms with Crippen LogP contribution >= 0.6 is 0 Å². The Morgan fingerprint density at radius 1 is 0.931 bits per heavy atom. The minimum atomic E-state index is -1.60. The molecule has 0 amide bonds. The van der Waals surface area contributed by atoms with Gasteiger partial charge in [0.1, 0.15) is 0 Å². The molecule has 3 aromatic carbocycles. The topological polar surface area (TPSA) is 96.0 Å². The summed E-state index contributed by atoms with van der Waals surface area (Å²) in [6.45, 7) is 4.03. The molecule has 0 spiro atoms. The first-order valence-corrected chi connectivity index (χ1v) is 11.7. The van der Waals surface area contributed by atoms with Gasteiger partial charge < -0.3 is 10.5 Å². The van der Waals surface area contributed by atoms with Crippen LogP contribution in [-0.4, -0.2) is 20.4 Å². The number of hydrogen-bond acceptors (Lipinski definition) is 4. The molecule has 0 aliphatic rings. The zero-order valence-corrected chi connectivity index (χ0v) is 18.1. The quantitative estimate of drug-likeness (QED) is 0.408. The van der Waals surface area contributed by atoms with Crippen molar-refractivity contribution < 1.29 is 8.42 Å². The normalized spacial score (nSPS) is 12.9. The average molecular weight is 426 g/mol. The lowest BCUT2D eigenvalue weighted by molar-refractivity contribution is 0.678. The number of nitrogens with two attached hydrogens (primary N) is 1. The van der Waals surface area contributed by atoms with Crippen molar-refractivity contribution in [2.75, 3.05) is 16.7 Å². The molecule has 0 saturated carbocycles. The molecule has 0 heterocycles. The highest BCUT2D eigenvalue weighted by Gasteiger charge is 2.15. The molecule has 4 N–H and O–H groups in total. The van der Waals surface area contributed by atoms with E-state index in [-0.39, 0.29) is 0 Å². The fourth-order valence-electron chi connectivity index (χ4n) is 2.89. The molecule has 0 aliphatic heterocycles. The monoisotopic (exact) mass is 425 g/mol. The van der Waals surface area contributed by atoms with Gasteiger partial charge in [0.15, 0.2) is 11.0 Å². The number of nitrogen functional groups attached to an aromatic ring is 1. The fraction of sp³-hybridized carbons (Fsp3) is 0.136.